The van der Waals surface area contributed by atoms with E-state index in [0.717, 1.165) is 23.5 Å². The summed E-state index contributed by atoms with van der Waals surface area (Å²) >= 11 is 0.980. The molecule has 0 amide bonds. The summed E-state index contributed by atoms with van der Waals surface area (Å²) in [6, 6.07) is 5.31. The number of benzene rings is 1. The van der Waals surface area contributed by atoms with Crippen molar-refractivity contribution in [2.45, 2.75) is 4.21 Å². The molecule has 0 bridgehead atoms. The van der Waals surface area contributed by atoms with Gasteiger partial charge < -0.3 is 0 Å². The Hall–Kier alpha value is -1.60. The Kier molecular flexibility index (Phi) is 3.77. The Morgan fingerprint density at radius 1 is 1.21 bits per heavy atom. The van der Waals surface area contributed by atoms with E-state index in [1.54, 1.807) is 11.4 Å². The summed E-state index contributed by atoms with van der Waals surface area (Å²) in [5, 5.41) is 1.57. The number of halogens is 2. The zero-order chi connectivity index (χ0) is 14.0. The molecule has 0 aliphatic heterocycles. The number of Topliss-reactive ketones (excluding diaryl/α,β-unsaturated/α-hetero) is 1. The topological polar surface area (TPSA) is 51.2 Å². The first-order valence-corrected chi connectivity index (χ1v) is 7.68. The molecule has 1 aromatic heterocycles. The number of sulfone groups is 1. The van der Waals surface area contributed by atoms with E-state index in [1.807, 2.05) is 0 Å². The van der Waals surface area contributed by atoms with Crippen LogP contribution in [-0.2, 0) is 9.84 Å². The quantitative estimate of drug-likeness (QED) is 0.816. The second kappa shape index (κ2) is 5.18. The SMILES string of the molecule is O=C(CS(=O)(=O)c1cccs1)c1ccc(F)cc1F. The van der Waals surface area contributed by atoms with Crippen molar-refractivity contribution in [3.63, 3.8) is 0 Å². The van der Waals surface area contributed by atoms with E-state index in [1.165, 1.54) is 6.07 Å². The van der Waals surface area contributed by atoms with E-state index in [-0.39, 0.29) is 4.21 Å². The number of hydrogen-bond acceptors (Lipinski definition) is 4. The van der Waals surface area contributed by atoms with E-state index >= 15 is 0 Å². The molecular weight excluding hydrogens is 294 g/mol. The predicted octanol–water partition coefficient (Wildman–Crippen LogP) is 2.68. The van der Waals surface area contributed by atoms with Crippen LogP contribution in [-0.4, -0.2) is 20.0 Å². The van der Waals surface area contributed by atoms with Crippen molar-refractivity contribution in [3.8, 4) is 0 Å². The summed E-state index contributed by atoms with van der Waals surface area (Å²) in [6.45, 7) is 0. The number of hydrogen-bond donors (Lipinski definition) is 0. The third kappa shape index (κ3) is 3.05. The van der Waals surface area contributed by atoms with Gasteiger partial charge in [-0.3, -0.25) is 4.79 Å². The van der Waals surface area contributed by atoms with Crippen LogP contribution in [0.1, 0.15) is 10.4 Å². The number of ketones is 1. The van der Waals surface area contributed by atoms with Gasteiger partial charge in [0.25, 0.3) is 0 Å². The lowest BCUT2D eigenvalue weighted by atomic mass is 10.1. The highest BCUT2D eigenvalue weighted by Crippen LogP contribution is 2.19. The Bertz CT molecular complexity index is 707. The largest absolute Gasteiger partial charge is 0.293 e. The Morgan fingerprint density at radius 3 is 2.53 bits per heavy atom. The van der Waals surface area contributed by atoms with Gasteiger partial charge in [-0.15, -0.1) is 11.3 Å². The second-order valence-corrected chi connectivity index (χ2v) is 6.90. The molecule has 3 nitrogen and oxygen atoms in total. The fraction of sp³-hybridized carbons (Fsp3) is 0.0833. The highest BCUT2D eigenvalue weighted by atomic mass is 32.2. The van der Waals surface area contributed by atoms with Crippen molar-refractivity contribution in [3.05, 3.63) is 52.9 Å². The van der Waals surface area contributed by atoms with Crippen LogP contribution in [0.2, 0.25) is 0 Å². The lowest BCUT2D eigenvalue weighted by Gasteiger charge is -2.03. The molecule has 1 aromatic carbocycles. The van der Waals surface area contributed by atoms with Crippen LogP contribution in [0.4, 0.5) is 8.78 Å². The highest BCUT2D eigenvalue weighted by Gasteiger charge is 2.23. The van der Waals surface area contributed by atoms with Crippen molar-refractivity contribution < 1.29 is 22.0 Å². The standard InChI is InChI=1S/C12H8F2O3S2/c13-8-3-4-9(10(14)6-8)11(15)7-19(16,17)12-2-1-5-18-12/h1-6H,7H2. The molecule has 2 aromatic rings. The molecule has 0 saturated heterocycles. The summed E-state index contributed by atoms with van der Waals surface area (Å²) in [5.74, 6) is -3.62. The minimum absolute atomic E-state index is 0.0448. The van der Waals surface area contributed by atoms with Crippen LogP contribution in [0.3, 0.4) is 0 Å². The van der Waals surface area contributed by atoms with Gasteiger partial charge in [0.05, 0.1) is 5.56 Å². The zero-order valence-electron chi connectivity index (χ0n) is 9.47. The zero-order valence-corrected chi connectivity index (χ0v) is 11.1. The van der Waals surface area contributed by atoms with Gasteiger partial charge in [-0.25, -0.2) is 17.2 Å². The maximum absolute atomic E-state index is 13.4. The van der Waals surface area contributed by atoms with Gasteiger partial charge in [-0.2, -0.15) is 0 Å². The van der Waals surface area contributed by atoms with E-state index in [0.29, 0.717) is 6.07 Å². The number of thiophene rings is 1. The lowest BCUT2D eigenvalue weighted by molar-refractivity contribution is 0.101. The molecule has 1 heterocycles. The van der Waals surface area contributed by atoms with Crippen molar-refractivity contribution in [1.29, 1.82) is 0 Å². The predicted molar refractivity (Wildman–Crippen MR) is 67.1 cm³/mol. The van der Waals surface area contributed by atoms with Gasteiger partial charge in [0.15, 0.2) is 15.6 Å². The van der Waals surface area contributed by atoms with Crippen molar-refractivity contribution >= 4 is 27.0 Å². The molecule has 7 heteroatoms. The fourth-order valence-electron chi connectivity index (χ4n) is 1.48. The first-order chi connectivity index (χ1) is 8.90. The van der Waals surface area contributed by atoms with Gasteiger partial charge in [0.1, 0.15) is 21.6 Å². The Balaban J connectivity index is 2.27. The monoisotopic (exact) mass is 302 g/mol. The molecule has 0 spiro atoms. The molecule has 0 radical (unpaired) electrons. The molecular formula is C12H8F2O3S2. The van der Waals surface area contributed by atoms with E-state index in [4.69, 9.17) is 0 Å². The molecule has 0 aliphatic carbocycles. The fourth-order valence-corrected chi connectivity index (χ4v) is 3.78. The third-order valence-corrected chi connectivity index (χ3v) is 5.46. The molecule has 19 heavy (non-hydrogen) atoms. The number of carbonyl (C=O) groups excluding carboxylic acids is 1. The van der Waals surface area contributed by atoms with Gasteiger partial charge in [-0.05, 0) is 23.6 Å². The first-order valence-electron chi connectivity index (χ1n) is 5.14. The van der Waals surface area contributed by atoms with Gasteiger partial charge >= 0.3 is 0 Å². The van der Waals surface area contributed by atoms with Crippen molar-refractivity contribution in [2.24, 2.45) is 0 Å². The van der Waals surface area contributed by atoms with Crippen LogP contribution in [0, 0.1) is 11.6 Å². The smallest absolute Gasteiger partial charge is 0.195 e. The van der Waals surface area contributed by atoms with Crippen LogP contribution in [0.5, 0.6) is 0 Å². The summed E-state index contributed by atoms with van der Waals surface area (Å²) < 4.78 is 49.8. The first kappa shape index (κ1) is 13.8. The molecule has 0 saturated carbocycles. The van der Waals surface area contributed by atoms with Crippen molar-refractivity contribution in [2.75, 3.05) is 5.75 Å². The summed E-state index contributed by atoms with van der Waals surface area (Å²) in [7, 11) is -3.78. The van der Waals surface area contributed by atoms with E-state index in [2.05, 4.69) is 0 Å². The molecule has 0 atom stereocenters. The summed E-state index contributed by atoms with van der Waals surface area (Å²) in [6.07, 6.45) is 0. The van der Waals surface area contributed by atoms with Gasteiger partial charge in [0.2, 0.25) is 0 Å². The summed E-state index contributed by atoms with van der Waals surface area (Å²) in [4.78, 5) is 11.8. The summed E-state index contributed by atoms with van der Waals surface area (Å²) in [5.41, 5.74) is -0.429. The molecule has 0 aliphatic rings. The highest BCUT2D eigenvalue weighted by molar-refractivity contribution is 7.94. The van der Waals surface area contributed by atoms with Crippen LogP contribution < -0.4 is 0 Å². The van der Waals surface area contributed by atoms with Gasteiger partial charge in [0, 0.05) is 6.07 Å². The van der Waals surface area contributed by atoms with E-state index < -0.39 is 38.6 Å². The number of rotatable bonds is 4. The lowest BCUT2D eigenvalue weighted by Crippen LogP contribution is -2.16. The second-order valence-electron chi connectivity index (χ2n) is 3.74. The normalized spacial score (nSPS) is 11.5. The maximum atomic E-state index is 13.4. The maximum Gasteiger partial charge on any atom is 0.195 e. The Morgan fingerprint density at radius 2 is 1.95 bits per heavy atom. The molecule has 0 fully saturated rings. The average molecular weight is 302 g/mol. The molecule has 0 unspecified atom stereocenters. The van der Waals surface area contributed by atoms with Crippen LogP contribution >= 0.6 is 11.3 Å². The minimum Gasteiger partial charge on any atom is -0.293 e. The average Bonchev–Trinajstić information content (AvgIpc) is 2.81. The third-order valence-electron chi connectivity index (χ3n) is 2.35. The van der Waals surface area contributed by atoms with E-state index in [9.17, 15) is 22.0 Å². The van der Waals surface area contributed by atoms with Crippen LogP contribution in [0.25, 0.3) is 0 Å². The molecule has 0 N–H and O–H groups in total. The minimum atomic E-state index is -3.78. The van der Waals surface area contributed by atoms with Gasteiger partial charge in [-0.1, -0.05) is 6.07 Å². The van der Waals surface area contributed by atoms with Crippen LogP contribution in [0.15, 0.2) is 39.9 Å². The van der Waals surface area contributed by atoms with Crippen molar-refractivity contribution in [1.82, 2.24) is 0 Å². The Labute approximate surface area is 112 Å². The molecule has 2 rings (SSSR count). The molecule has 100 valence electrons. The number of carbonyl (C=O) groups is 1.